The molecule has 3 rings (SSSR count). The number of benzene rings is 2. The summed E-state index contributed by atoms with van der Waals surface area (Å²) in [6.45, 7) is -0.322. The Kier molecular flexibility index (Phi) is 5.39. The highest BCUT2D eigenvalue weighted by atomic mass is 16.3. The fraction of sp³-hybridized carbons (Fsp3) is 0.0500. The summed E-state index contributed by atoms with van der Waals surface area (Å²) in [6, 6.07) is 14.4. The molecule has 0 spiro atoms. The summed E-state index contributed by atoms with van der Waals surface area (Å²) < 4.78 is 5.29. The largest absolute Gasteiger partial charge is 0.507 e. The number of nitrogens with one attached hydrogen (secondary N) is 2. The van der Waals surface area contributed by atoms with E-state index in [1.54, 1.807) is 30.3 Å². The number of phenolic OH excluding ortho intramolecular Hbond substituents is 1. The second kappa shape index (κ2) is 8.07. The Morgan fingerprint density at radius 2 is 1.79 bits per heavy atom. The highest BCUT2D eigenvalue weighted by molar-refractivity contribution is 6.01. The van der Waals surface area contributed by atoms with E-state index in [9.17, 15) is 19.8 Å². The van der Waals surface area contributed by atoms with Crippen molar-refractivity contribution in [2.75, 3.05) is 0 Å². The molecule has 2 amide bonds. The Bertz CT molecular complexity index is 1070. The number of hydrogen-bond donors (Lipinski definition) is 4. The van der Waals surface area contributed by atoms with Gasteiger partial charge in [0.2, 0.25) is 5.76 Å². The van der Waals surface area contributed by atoms with Crippen LogP contribution in [0.3, 0.4) is 0 Å². The maximum Gasteiger partial charge on any atom is 0.306 e. The van der Waals surface area contributed by atoms with E-state index in [1.165, 1.54) is 24.5 Å². The molecule has 0 bridgehead atoms. The predicted octanol–water partition coefficient (Wildman–Crippen LogP) is 2.09. The van der Waals surface area contributed by atoms with Crippen molar-refractivity contribution in [1.29, 1.82) is 5.26 Å². The van der Waals surface area contributed by atoms with Crippen molar-refractivity contribution >= 4 is 11.8 Å². The molecule has 0 radical (unpaired) electrons. The molecule has 0 fully saturated rings. The van der Waals surface area contributed by atoms with Crippen LogP contribution in [-0.4, -0.2) is 22.0 Å². The van der Waals surface area contributed by atoms with E-state index in [1.807, 2.05) is 6.07 Å². The molecular weight excluding hydrogens is 362 g/mol. The molecule has 0 saturated carbocycles. The van der Waals surface area contributed by atoms with E-state index in [2.05, 4.69) is 10.9 Å². The summed E-state index contributed by atoms with van der Waals surface area (Å²) in [5, 5.41) is 27.9. The number of hydrazine groups is 1. The molecule has 0 aliphatic heterocycles. The number of rotatable bonds is 4. The molecule has 2 aromatic carbocycles. The molecular formula is C20H15N3O5. The quantitative estimate of drug-likeness (QED) is 0.514. The van der Waals surface area contributed by atoms with Crippen LogP contribution in [0.4, 0.5) is 0 Å². The molecule has 140 valence electrons. The standard InChI is InChI=1S/C20H15N3O5/c21-9-14-8-13(6-7-16(14)25)19(26)22-23-20(27)18-17(15(10-24)11-28-18)12-4-2-1-3-5-12/h1-8,11,24-25H,10H2,(H,22,26)(H,23,27). The molecule has 1 heterocycles. The Morgan fingerprint density at radius 3 is 2.46 bits per heavy atom. The number of nitrogens with zero attached hydrogens (tertiary/aromatic N) is 1. The lowest BCUT2D eigenvalue weighted by Gasteiger charge is -2.09. The van der Waals surface area contributed by atoms with E-state index < -0.39 is 11.8 Å². The monoisotopic (exact) mass is 377 g/mol. The minimum atomic E-state index is -0.716. The lowest BCUT2D eigenvalue weighted by atomic mass is 10.0. The first-order chi connectivity index (χ1) is 13.5. The second-order valence-corrected chi connectivity index (χ2v) is 5.74. The van der Waals surface area contributed by atoms with E-state index in [0.717, 1.165) is 0 Å². The van der Waals surface area contributed by atoms with Gasteiger partial charge in [0.15, 0.2) is 0 Å². The molecule has 3 aromatic rings. The minimum absolute atomic E-state index is 0.0658. The number of nitriles is 1. The van der Waals surface area contributed by atoms with Crippen molar-refractivity contribution in [2.24, 2.45) is 0 Å². The first-order valence-corrected chi connectivity index (χ1v) is 8.15. The van der Waals surface area contributed by atoms with Gasteiger partial charge in [-0.05, 0) is 23.8 Å². The van der Waals surface area contributed by atoms with Crippen LogP contribution in [-0.2, 0) is 6.61 Å². The first kappa shape index (κ1) is 18.7. The topological polar surface area (TPSA) is 136 Å². The zero-order chi connectivity index (χ0) is 20.1. The van der Waals surface area contributed by atoms with E-state index in [-0.39, 0.29) is 29.2 Å². The molecule has 8 heteroatoms. The van der Waals surface area contributed by atoms with Crippen molar-refractivity contribution in [3.05, 3.63) is 77.2 Å². The van der Waals surface area contributed by atoms with Gasteiger partial charge in [0.25, 0.3) is 5.91 Å². The van der Waals surface area contributed by atoms with Crippen LogP contribution >= 0.6 is 0 Å². The van der Waals surface area contributed by atoms with Gasteiger partial charge in [0.1, 0.15) is 11.8 Å². The number of aliphatic hydroxyl groups excluding tert-OH is 1. The summed E-state index contributed by atoms with van der Waals surface area (Å²) in [5.74, 6) is -1.71. The minimum Gasteiger partial charge on any atom is -0.507 e. The third kappa shape index (κ3) is 3.70. The van der Waals surface area contributed by atoms with E-state index in [4.69, 9.17) is 9.68 Å². The van der Waals surface area contributed by atoms with Crippen molar-refractivity contribution in [2.45, 2.75) is 6.61 Å². The molecule has 28 heavy (non-hydrogen) atoms. The Labute approximate surface area is 159 Å². The van der Waals surface area contributed by atoms with Crippen LogP contribution in [0.15, 0.2) is 59.2 Å². The van der Waals surface area contributed by atoms with Gasteiger partial charge in [-0.3, -0.25) is 20.4 Å². The van der Waals surface area contributed by atoms with E-state index in [0.29, 0.717) is 16.7 Å². The average Bonchev–Trinajstić information content (AvgIpc) is 3.17. The van der Waals surface area contributed by atoms with Crippen LogP contribution in [0.1, 0.15) is 32.0 Å². The molecule has 0 unspecified atom stereocenters. The summed E-state index contributed by atoms with van der Waals surface area (Å²) in [4.78, 5) is 24.7. The maximum atomic E-state index is 12.5. The van der Waals surface area contributed by atoms with Crippen molar-refractivity contribution < 1.29 is 24.2 Å². The zero-order valence-corrected chi connectivity index (χ0v) is 14.5. The maximum absolute atomic E-state index is 12.5. The van der Waals surface area contributed by atoms with Crippen molar-refractivity contribution in [3.8, 4) is 22.9 Å². The molecule has 4 N–H and O–H groups in total. The van der Waals surface area contributed by atoms with E-state index >= 15 is 0 Å². The summed E-state index contributed by atoms with van der Waals surface area (Å²) in [7, 11) is 0. The van der Waals surface area contributed by atoms with Crippen LogP contribution in [0.5, 0.6) is 5.75 Å². The highest BCUT2D eigenvalue weighted by Gasteiger charge is 2.22. The zero-order valence-electron chi connectivity index (χ0n) is 14.5. The van der Waals surface area contributed by atoms with Gasteiger partial charge in [-0.2, -0.15) is 5.26 Å². The molecule has 0 aliphatic rings. The smallest absolute Gasteiger partial charge is 0.306 e. The average molecular weight is 377 g/mol. The number of carbonyl (C=O) groups excluding carboxylic acids is 2. The SMILES string of the molecule is N#Cc1cc(C(=O)NNC(=O)c2occ(CO)c2-c2ccccc2)ccc1O. The molecule has 0 saturated heterocycles. The third-order valence-electron chi connectivity index (χ3n) is 3.98. The van der Waals surface area contributed by atoms with Gasteiger partial charge >= 0.3 is 5.91 Å². The summed E-state index contributed by atoms with van der Waals surface area (Å²) in [6.07, 6.45) is 1.28. The number of hydrogen-bond acceptors (Lipinski definition) is 6. The number of carbonyl (C=O) groups is 2. The Hall–Kier alpha value is -4.09. The third-order valence-corrected chi connectivity index (χ3v) is 3.98. The Morgan fingerprint density at radius 1 is 1.07 bits per heavy atom. The van der Waals surface area contributed by atoms with Gasteiger partial charge in [-0.25, -0.2) is 0 Å². The number of amides is 2. The molecule has 0 aliphatic carbocycles. The van der Waals surface area contributed by atoms with Crippen LogP contribution in [0, 0.1) is 11.3 Å². The number of furan rings is 1. The van der Waals surface area contributed by atoms with Gasteiger partial charge in [0.05, 0.1) is 18.4 Å². The summed E-state index contributed by atoms with van der Waals surface area (Å²) in [5.41, 5.74) is 6.00. The van der Waals surface area contributed by atoms with Crippen LogP contribution < -0.4 is 10.9 Å². The molecule has 1 aromatic heterocycles. The van der Waals surface area contributed by atoms with Gasteiger partial charge < -0.3 is 14.6 Å². The summed E-state index contributed by atoms with van der Waals surface area (Å²) >= 11 is 0. The fourth-order valence-electron chi connectivity index (χ4n) is 2.61. The van der Waals surface area contributed by atoms with Crippen LogP contribution in [0.25, 0.3) is 11.1 Å². The predicted molar refractivity (Wildman–Crippen MR) is 97.8 cm³/mol. The van der Waals surface area contributed by atoms with Crippen LogP contribution in [0.2, 0.25) is 0 Å². The number of aliphatic hydroxyl groups is 1. The fourth-order valence-corrected chi connectivity index (χ4v) is 2.61. The molecule has 0 atom stereocenters. The van der Waals surface area contributed by atoms with Crippen molar-refractivity contribution in [3.63, 3.8) is 0 Å². The number of aromatic hydroxyl groups is 1. The second-order valence-electron chi connectivity index (χ2n) is 5.74. The van der Waals surface area contributed by atoms with Gasteiger partial charge in [-0.15, -0.1) is 0 Å². The lowest BCUT2D eigenvalue weighted by Crippen LogP contribution is -2.41. The van der Waals surface area contributed by atoms with Crippen molar-refractivity contribution in [1.82, 2.24) is 10.9 Å². The molecule has 8 nitrogen and oxygen atoms in total. The normalized spacial score (nSPS) is 10.1. The van der Waals surface area contributed by atoms with Gasteiger partial charge in [-0.1, -0.05) is 30.3 Å². The highest BCUT2D eigenvalue weighted by Crippen LogP contribution is 2.29. The van der Waals surface area contributed by atoms with Gasteiger partial charge in [0, 0.05) is 16.7 Å². The first-order valence-electron chi connectivity index (χ1n) is 8.15. The lowest BCUT2D eigenvalue weighted by molar-refractivity contribution is 0.0831. The number of phenols is 1. The Balaban J connectivity index is 1.78.